The molecule has 1 saturated heterocycles. The molecule has 4 nitrogen and oxygen atoms in total. The van der Waals surface area contributed by atoms with Gasteiger partial charge >= 0.3 is 0 Å². The number of nitrogens with one attached hydrogen (secondary N) is 1. The van der Waals surface area contributed by atoms with Gasteiger partial charge in [0.1, 0.15) is 5.82 Å². The van der Waals surface area contributed by atoms with E-state index in [0.717, 1.165) is 34.6 Å². The molecule has 3 rings (SSSR count). The maximum absolute atomic E-state index is 12.4. The van der Waals surface area contributed by atoms with Gasteiger partial charge in [0.15, 0.2) is 0 Å². The van der Waals surface area contributed by atoms with Crippen LogP contribution in [0.1, 0.15) is 41.6 Å². The van der Waals surface area contributed by atoms with Gasteiger partial charge in [0.25, 0.3) is 5.91 Å². The zero-order chi connectivity index (χ0) is 16.9. The SMILES string of the molecule is Cc1cc(Br)ccc1NC(=O)c1ccc(N2CCCCCC2)nc1. The number of benzene rings is 1. The second kappa shape index (κ2) is 7.79. The summed E-state index contributed by atoms with van der Waals surface area (Å²) in [6.45, 7) is 4.08. The van der Waals surface area contributed by atoms with Crippen LogP contribution in [-0.2, 0) is 0 Å². The van der Waals surface area contributed by atoms with E-state index in [0.29, 0.717) is 5.56 Å². The minimum Gasteiger partial charge on any atom is -0.357 e. The first-order valence-corrected chi connectivity index (χ1v) is 9.21. The highest BCUT2D eigenvalue weighted by Crippen LogP contribution is 2.21. The third kappa shape index (κ3) is 4.15. The second-order valence-electron chi connectivity index (χ2n) is 6.22. The fourth-order valence-electron chi connectivity index (χ4n) is 2.97. The fourth-order valence-corrected chi connectivity index (χ4v) is 3.44. The van der Waals surface area contributed by atoms with Crippen molar-refractivity contribution in [3.05, 3.63) is 52.1 Å². The molecule has 0 spiro atoms. The quantitative estimate of drug-likeness (QED) is 0.823. The average molecular weight is 388 g/mol. The van der Waals surface area contributed by atoms with Crippen molar-refractivity contribution in [3.8, 4) is 0 Å². The molecule has 2 heterocycles. The van der Waals surface area contributed by atoms with Gasteiger partial charge < -0.3 is 10.2 Å². The lowest BCUT2D eigenvalue weighted by Crippen LogP contribution is -2.25. The molecular formula is C19H22BrN3O. The molecule has 1 N–H and O–H groups in total. The van der Waals surface area contributed by atoms with Gasteiger partial charge in [-0.1, -0.05) is 28.8 Å². The third-order valence-electron chi connectivity index (χ3n) is 4.38. The van der Waals surface area contributed by atoms with Crippen molar-refractivity contribution in [2.75, 3.05) is 23.3 Å². The molecule has 0 radical (unpaired) electrons. The van der Waals surface area contributed by atoms with Crippen LogP contribution in [0, 0.1) is 6.92 Å². The van der Waals surface area contributed by atoms with Crippen molar-refractivity contribution in [2.24, 2.45) is 0 Å². The smallest absolute Gasteiger partial charge is 0.257 e. The standard InChI is InChI=1S/C19H22BrN3O/c1-14-12-16(20)7-8-17(14)22-19(24)15-6-9-18(21-13-15)23-10-4-2-3-5-11-23/h6-9,12-13H,2-5,10-11H2,1H3,(H,22,24). The first kappa shape index (κ1) is 17.0. The van der Waals surface area contributed by atoms with E-state index in [4.69, 9.17) is 0 Å². The Morgan fingerprint density at radius 2 is 1.88 bits per heavy atom. The van der Waals surface area contributed by atoms with Crippen molar-refractivity contribution in [3.63, 3.8) is 0 Å². The number of amides is 1. The maximum atomic E-state index is 12.4. The molecule has 1 aromatic carbocycles. The number of carbonyl (C=O) groups excluding carboxylic acids is 1. The van der Waals surface area contributed by atoms with Crippen LogP contribution < -0.4 is 10.2 Å². The summed E-state index contributed by atoms with van der Waals surface area (Å²) in [5.41, 5.74) is 2.42. The van der Waals surface area contributed by atoms with Crippen LogP contribution in [0.15, 0.2) is 41.0 Å². The van der Waals surface area contributed by atoms with Gasteiger partial charge in [-0.25, -0.2) is 4.98 Å². The molecule has 1 aliphatic heterocycles. The Kier molecular flexibility index (Phi) is 5.51. The largest absolute Gasteiger partial charge is 0.357 e. The number of pyridine rings is 1. The highest BCUT2D eigenvalue weighted by atomic mass is 79.9. The molecule has 126 valence electrons. The zero-order valence-corrected chi connectivity index (χ0v) is 15.5. The number of hydrogen-bond acceptors (Lipinski definition) is 3. The predicted octanol–water partition coefficient (Wildman–Crippen LogP) is 4.79. The van der Waals surface area contributed by atoms with Crippen molar-refractivity contribution in [1.82, 2.24) is 4.98 Å². The van der Waals surface area contributed by atoms with E-state index in [1.807, 2.05) is 37.3 Å². The first-order valence-electron chi connectivity index (χ1n) is 8.42. The highest BCUT2D eigenvalue weighted by molar-refractivity contribution is 9.10. The molecule has 0 bridgehead atoms. The van der Waals surface area contributed by atoms with Crippen LogP contribution in [0.4, 0.5) is 11.5 Å². The maximum Gasteiger partial charge on any atom is 0.257 e. The van der Waals surface area contributed by atoms with E-state index >= 15 is 0 Å². The fraction of sp³-hybridized carbons (Fsp3) is 0.368. The lowest BCUT2D eigenvalue weighted by molar-refractivity contribution is 0.102. The molecule has 1 aromatic heterocycles. The Balaban J connectivity index is 1.69. The van der Waals surface area contributed by atoms with E-state index in [9.17, 15) is 4.79 Å². The Morgan fingerprint density at radius 1 is 1.12 bits per heavy atom. The van der Waals surface area contributed by atoms with Crippen molar-refractivity contribution < 1.29 is 4.79 Å². The monoisotopic (exact) mass is 387 g/mol. The summed E-state index contributed by atoms with van der Waals surface area (Å²) in [6.07, 6.45) is 6.69. The number of aromatic nitrogens is 1. The zero-order valence-electron chi connectivity index (χ0n) is 13.9. The average Bonchev–Trinajstić information content (AvgIpc) is 2.87. The topological polar surface area (TPSA) is 45.2 Å². The summed E-state index contributed by atoms with van der Waals surface area (Å²) in [5.74, 6) is 0.837. The Hall–Kier alpha value is -1.88. The Labute approximate surface area is 151 Å². The van der Waals surface area contributed by atoms with Crippen molar-refractivity contribution in [2.45, 2.75) is 32.6 Å². The third-order valence-corrected chi connectivity index (χ3v) is 4.87. The number of nitrogens with zero attached hydrogens (tertiary/aromatic N) is 2. The number of rotatable bonds is 3. The molecule has 0 atom stereocenters. The minimum absolute atomic E-state index is 0.129. The van der Waals surface area contributed by atoms with E-state index in [1.165, 1.54) is 25.7 Å². The predicted molar refractivity (Wildman–Crippen MR) is 102 cm³/mol. The number of anilines is 2. The Morgan fingerprint density at radius 3 is 2.50 bits per heavy atom. The number of halogens is 1. The summed E-state index contributed by atoms with van der Waals surface area (Å²) >= 11 is 3.43. The van der Waals surface area contributed by atoms with Gasteiger partial charge in [0, 0.05) is 29.4 Å². The highest BCUT2D eigenvalue weighted by Gasteiger charge is 2.13. The molecule has 1 fully saturated rings. The lowest BCUT2D eigenvalue weighted by Gasteiger charge is -2.21. The number of aryl methyl sites for hydroxylation is 1. The van der Waals surface area contributed by atoms with Gasteiger partial charge in [-0.2, -0.15) is 0 Å². The Bertz CT molecular complexity index is 707. The van der Waals surface area contributed by atoms with Gasteiger partial charge in [-0.05, 0) is 55.7 Å². The normalized spacial score (nSPS) is 15.0. The molecule has 0 aliphatic carbocycles. The van der Waals surface area contributed by atoms with Gasteiger partial charge in [-0.15, -0.1) is 0 Å². The van der Waals surface area contributed by atoms with E-state index in [-0.39, 0.29) is 5.91 Å². The lowest BCUT2D eigenvalue weighted by atomic mass is 10.2. The van der Waals surface area contributed by atoms with Crippen LogP contribution in [0.5, 0.6) is 0 Å². The van der Waals surface area contributed by atoms with Gasteiger partial charge in [0.05, 0.1) is 5.56 Å². The van der Waals surface area contributed by atoms with Gasteiger partial charge in [-0.3, -0.25) is 4.79 Å². The van der Waals surface area contributed by atoms with Crippen LogP contribution >= 0.6 is 15.9 Å². The molecule has 5 heteroatoms. The summed E-state index contributed by atoms with van der Waals surface area (Å²) in [5, 5.41) is 2.95. The first-order chi connectivity index (χ1) is 11.6. The van der Waals surface area contributed by atoms with E-state index < -0.39 is 0 Å². The molecule has 1 aliphatic rings. The summed E-state index contributed by atoms with van der Waals surface area (Å²) in [4.78, 5) is 19.2. The van der Waals surface area contributed by atoms with Crippen molar-refractivity contribution >= 4 is 33.3 Å². The number of hydrogen-bond donors (Lipinski definition) is 1. The molecule has 0 unspecified atom stereocenters. The minimum atomic E-state index is -0.129. The summed E-state index contributed by atoms with van der Waals surface area (Å²) in [6, 6.07) is 9.61. The van der Waals surface area contributed by atoms with Crippen LogP contribution in [0.25, 0.3) is 0 Å². The molecule has 1 amide bonds. The molecule has 0 saturated carbocycles. The second-order valence-corrected chi connectivity index (χ2v) is 7.14. The van der Waals surface area contributed by atoms with E-state index in [2.05, 4.69) is 31.1 Å². The van der Waals surface area contributed by atoms with E-state index in [1.54, 1.807) is 6.20 Å². The van der Waals surface area contributed by atoms with Crippen molar-refractivity contribution in [1.29, 1.82) is 0 Å². The van der Waals surface area contributed by atoms with Crippen LogP contribution in [-0.4, -0.2) is 24.0 Å². The summed E-state index contributed by atoms with van der Waals surface area (Å²) < 4.78 is 1.00. The molecule has 2 aromatic rings. The molecular weight excluding hydrogens is 366 g/mol. The van der Waals surface area contributed by atoms with Gasteiger partial charge in [0.2, 0.25) is 0 Å². The van der Waals surface area contributed by atoms with Crippen LogP contribution in [0.2, 0.25) is 0 Å². The number of carbonyl (C=O) groups is 1. The van der Waals surface area contributed by atoms with Crippen LogP contribution in [0.3, 0.4) is 0 Å². The summed E-state index contributed by atoms with van der Waals surface area (Å²) in [7, 11) is 0. The molecule has 24 heavy (non-hydrogen) atoms.